The predicted molar refractivity (Wildman–Crippen MR) is 88.9 cm³/mol. The molecule has 114 valence electrons. The molecule has 0 bridgehead atoms. The van der Waals surface area contributed by atoms with E-state index in [1.807, 2.05) is 11.8 Å². The van der Waals surface area contributed by atoms with E-state index in [9.17, 15) is 0 Å². The Morgan fingerprint density at radius 2 is 1.89 bits per heavy atom. The highest BCUT2D eigenvalue weighted by Crippen LogP contribution is 2.40. The van der Waals surface area contributed by atoms with Crippen molar-refractivity contribution in [3.8, 4) is 0 Å². The predicted octanol–water partition coefficient (Wildman–Crippen LogP) is 3.75. The second kappa shape index (κ2) is 7.33. The summed E-state index contributed by atoms with van der Waals surface area (Å²) in [7, 11) is 2.30. The lowest BCUT2D eigenvalue weighted by atomic mass is 9.82. The largest absolute Gasteiger partial charge is 0.329 e. The molecule has 1 aliphatic carbocycles. The molecule has 2 nitrogen and oxygen atoms in total. The highest BCUT2D eigenvalue weighted by molar-refractivity contribution is 7.98. The molecule has 0 amide bonds. The Hall–Kier alpha value is 0.270. The normalized spacial score (nSPS) is 29.2. The number of thioether (sulfide) groups is 1. The smallest absolute Gasteiger partial charge is 0.0331 e. The highest BCUT2D eigenvalue weighted by atomic mass is 32.2. The van der Waals surface area contributed by atoms with Crippen LogP contribution in [-0.2, 0) is 0 Å². The molecule has 0 spiro atoms. The molecule has 19 heavy (non-hydrogen) atoms. The van der Waals surface area contributed by atoms with Crippen LogP contribution < -0.4 is 5.73 Å². The van der Waals surface area contributed by atoms with Crippen molar-refractivity contribution < 1.29 is 0 Å². The zero-order valence-corrected chi connectivity index (χ0v) is 14.5. The first kappa shape index (κ1) is 17.3. The fourth-order valence-electron chi connectivity index (χ4n) is 3.37. The second-order valence-electron chi connectivity index (χ2n) is 7.19. The lowest BCUT2D eigenvalue weighted by Gasteiger charge is -2.44. The molecule has 0 aromatic heterocycles. The van der Waals surface area contributed by atoms with Gasteiger partial charge in [0.2, 0.25) is 0 Å². The summed E-state index contributed by atoms with van der Waals surface area (Å²) in [6.07, 6.45) is 9.97. The van der Waals surface area contributed by atoms with E-state index in [2.05, 4.69) is 39.0 Å². The van der Waals surface area contributed by atoms with Gasteiger partial charge in [-0.1, -0.05) is 20.3 Å². The molecule has 0 aliphatic heterocycles. The summed E-state index contributed by atoms with van der Waals surface area (Å²) in [5.41, 5.74) is 6.96. The first-order chi connectivity index (χ1) is 8.87. The molecule has 1 aliphatic rings. The van der Waals surface area contributed by atoms with Crippen LogP contribution in [0.5, 0.6) is 0 Å². The fourth-order valence-corrected chi connectivity index (χ4v) is 3.94. The summed E-state index contributed by atoms with van der Waals surface area (Å²) in [6.45, 7) is 8.00. The van der Waals surface area contributed by atoms with Crippen molar-refractivity contribution in [2.45, 2.75) is 70.9 Å². The maximum Gasteiger partial charge on any atom is 0.0331 e. The van der Waals surface area contributed by atoms with Gasteiger partial charge in [-0.2, -0.15) is 11.8 Å². The number of hydrogen-bond donors (Lipinski definition) is 1. The molecule has 0 radical (unpaired) electrons. The molecule has 0 aromatic rings. The monoisotopic (exact) mass is 286 g/mol. The number of nitrogens with two attached hydrogens (primary N) is 1. The SMILES string of the molecule is CSCCC(C)N(C)C1(CN)CCCC(C)(C)CC1. The van der Waals surface area contributed by atoms with Crippen LogP contribution in [0.25, 0.3) is 0 Å². The third kappa shape index (κ3) is 4.64. The van der Waals surface area contributed by atoms with Crippen molar-refractivity contribution in [2.75, 3.05) is 25.6 Å². The van der Waals surface area contributed by atoms with Crippen molar-refractivity contribution in [1.82, 2.24) is 4.90 Å². The van der Waals surface area contributed by atoms with E-state index in [1.54, 1.807) is 0 Å². The topological polar surface area (TPSA) is 29.3 Å². The molecule has 2 unspecified atom stereocenters. The highest BCUT2D eigenvalue weighted by Gasteiger charge is 2.39. The third-order valence-corrected chi connectivity index (χ3v) is 5.94. The minimum atomic E-state index is 0.242. The van der Waals surface area contributed by atoms with Gasteiger partial charge >= 0.3 is 0 Å². The number of rotatable bonds is 6. The number of nitrogens with zero attached hydrogens (tertiary/aromatic N) is 1. The molecular formula is C16H34N2S. The van der Waals surface area contributed by atoms with Gasteiger partial charge in [0.25, 0.3) is 0 Å². The van der Waals surface area contributed by atoms with Crippen molar-refractivity contribution >= 4 is 11.8 Å². The van der Waals surface area contributed by atoms with Crippen molar-refractivity contribution in [3.63, 3.8) is 0 Å². The van der Waals surface area contributed by atoms with Gasteiger partial charge in [-0.05, 0) is 63.5 Å². The minimum absolute atomic E-state index is 0.242. The molecule has 0 heterocycles. The summed E-state index contributed by atoms with van der Waals surface area (Å²) in [4.78, 5) is 2.60. The second-order valence-corrected chi connectivity index (χ2v) is 8.17. The zero-order valence-electron chi connectivity index (χ0n) is 13.7. The summed E-state index contributed by atoms with van der Waals surface area (Å²) in [6, 6.07) is 0.636. The Morgan fingerprint density at radius 1 is 1.21 bits per heavy atom. The van der Waals surface area contributed by atoms with Gasteiger partial charge in [-0.25, -0.2) is 0 Å². The summed E-state index contributed by atoms with van der Waals surface area (Å²) < 4.78 is 0. The maximum absolute atomic E-state index is 6.22. The van der Waals surface area contributed by atoms with Gasteiger partial charge in [0.15, 0.2) is 0 Å². The summed E-state index contributed by atoms with van der Waals surface area (Å²) in [5.74, 6) is 1.25. The van der Waals surface area contributed by atoms with Crippen molar-refractivity contribution in [1.29, 1.82) is 0 Å². The molecule has 0 aromatic carbocycles. The van der Waals surface area contributed by atoms with Gasteiger partial charge in [0.1, 0.15) is 0 Å². The molecule has 2 atom stereocenters. The molecule has 1 fully saturated rings. The van der Waals surface area contributed by atoms with Gasteiger partial charge < -0.3 is 5.73 Å². The van der Waals surface area contributed by atoms with Crippen LogP contribution in [0.2, 0.25) is 0 Å². The summed E-state index contributed by atoms with van der Waals surface area (Å²) >= 11 is 1.95. The van der Waals surface area contributed by atoms with Crippen LogP contribution in [0.15, 0.2) is 0 Å². The molecule has 1 rings (SSSR count). The first-order valence-corrected chi connectivity index (χ1v) is 9.18. The Morgan fingerprint density at radius 3 is 2.47 bits per heavy atom. The van der Waals surface area contributed by atoms with Crippen molar-refractivity contribution in [2.24, 2.45) is 11.1 Å². The van der Waals surface area contributed by atoms with Gasteiger partial charge in [0, 0.05) is 18.1 Å². The maximum atomic E-state index is 6.22. The molecule has 2 N–H and O–H groups in total. The van der Waals surface area contributed by atoms with Crippen LogP contribution in [0.1, 0.15) is 59.3 Å². The molecule has 1 saturated carbocycles. The zero-order chi connectivity index (χ0) is 14.5. The van der Waals surface area contributed by atoms with Crippen LogP contribution in [-0.4, -0.2) is 42.1 Å². The van der Waals surface area contributed by atoms with Crippen LogP contribution in [0, 0.1) is 5.41 Å². The van der Waals surface area contributed by atoms with E-state index >= 15 is 0 Å². The van der Waals surface area contributed by atoms with E-state index < -0.39 is 0 Å². The van der Waals surface area contributed by atoms with Crippen LogP contribution in [0.4, 0.5) is 0 Å². The van der Waals surface area contributed by atoms with E-state index in [1.165, 1.54) is 44.3 Å². The van der Waals surface area contributed by atoms with E-state index in [0.717, 1.165) is 6.54 Å². The molecule has 3 heteroatoms. The number of likely N-dealkylation sites (N-methyl/N-ethyl adjacent to an activating group) is 1. The average Bonchev–Trinajstić information content (AvgIpc) is 2.54. The first-order valence-electron chi connectivity index (χ1n) is 7.79. The lowest BCUT2D eigenvalue weighted by molar-refractivity contribution is 0.0656. The van der Waals surface area contributed by atoms with E-state index in [-0.39, 0.29) is 5.54 Å². The standard InChI is InChI=1S/C16H34N2S/c1-14(7-12-19-5)18(4)16(13-17)9-6-8-15(2,3)10-11-16/h14H,6-13,17H2,1-5H3. The summed E-state index contributed by atoms with van der Waals surface area (Å²) in [5, 5.41) is 0. The Labute approximate surface area is 124 Å². The van der Waals surface area contributed by atoms with E-state index in [4.69, 9.17) is 5.73 Å². The Balaban J connectivity index is 2.73. The quantitative estimate of drug-likeness (QED) is 0.754. The van der Waals surface area contributed by atoms with Crippen molar-refractivity contribution in [3.05, 3.63) is 0 Å². The average molecular weight is 287 g/mol. The third-order valence-electron chi connectivity index (χ3n) is 5.29. The molecular weight excluding hydrogens is 252 g/mol. The van der Waals surface area contributed by atoms with Crippen LogP contribution >= 0.6 is 11.8 Å². The molecule has 0 saturated heterocycles. The van der Waals surface area contributed by atoms with Crippen LogP contribution in [0.3, 0.4) is 0 Å². The van der Waals surface area contributed by atoms with Gasteiger partial charge in [-0.3, -0.25) is 4.90 Å². The fraction of sp³-hybridized carbons (Fsp3) is 1.00. The Kier molecular flexibility index (Phi) is 6.68. The number of hydrogen-bond acceptors (Lipinski definition) is 3. The lowest BCUT2D eigenvalue weighted by Crippen LogP contribution is -2.55. The minimum Gasteiger partial charge on any atom is -0.329 e. The van der Waals surface area contributed by atoms with Gasteiger partial charge in [0.05, 0.1) is 0 Å². The van der Waals surface area contributed by atoms with Gasteiger partial charge in [-0.15, -0.1) is 0 Å². The van der Waals surface area contributed by atoms with E-state index in [0.29, 0.717) is 11.5 Å². The Bertz CT molecular complexity index is 267.